The van der Waals surface area contributed by atoms with Crippen LogP contribution in [0.1, 0.15) is 27.4 Å². The number of aryl methyl sites for hydroxylation is 1. The smallest absolute Gasteiger partial charge is 0.264 e. The Morgan fingerprint density at radius 2 is 2.47 bits per heavy atom. The highest BCUT2D eigenvalue weighted by atomic mass is 32.1. The maximum atomic E-state index is 12.2. The van der Waals surface area contributed by atoms with Crippen molar-refractivity contribution in [1.82, 2.24) is 4.90 Å². The molecule has 0 spiro atoms. The minimum Gasteiger partial charge on any atom is -0.398 e. The van der Waals surface area contributed by atoms with Crippen LogP contribution in [0.15, 0.2) is 6.07 Å². The van der Waals surface area contributed by atoms with Crippen LogP contribution in [0.3, 0.4) is 0 Å². The first-order valence-corrected chi connectivity index (χ1v) is 6.69. The summed E-state index contributed by atoms with van der Waals surface area (Å²) >= 11 is 1.45. The number of aliphatic hydroxyl groups excluding tert-OH is 1. The molecule has 1 aliphatic heterocycles. The summed E-state index contributed by atoms with van der Waals surface area (Å²) < 4.78 is 0. The zero-order chi connectivity index (χ0) is 12.4. The van der Waals surface area contributed by atoms with Crippen molar-refractivity contribution >= 4 is 22.9 Å². The predicted molar refractivity (Wildman–Crippen MR) is 69.2 cm³/mol. The van der Waals surface area contributed by atoms with E-state index < -0.39 is 0 Å². The van der Waals surface area contributed by atoms with Gasteiger partial charge in [0.15, 0.2) is 0 Å². The third-order valence-electron chi connectivity index (χ3n) is 3.23. The Kier molecular flexibility index (Phi) is 3.69. The van der Waals surface area contributed by atoms with E-state index >= 15 is 0 Å². The van der Waals surface area contributed by atoms with Gasteiger partial charge in [-0.25, -0.2) is 0 Å². The van der Waals surface area contributed by atoms with E-state index in [2.05, 4.69) is 0 Å². The fourth-order valence-electron chi connectivity index (χ4n) is 2.16. The maximum absolute atomic E-state index is 12.2. The summed E-state index contributed by atoms with van der Waals surface area (Å²) in [5.74, 6) is 0.277. The monoisotopic (exact) mass is 254 g/mol. The van der Waals surface area contributed by atoms with E-state index in [1.807, 2.05) is 11.8 Å². The lowest BCUT2D eigenvalue weighted by Crippen LogP contribution is -2.40. The number of hydrogen-bond donors (Lipinski definition) is 2. The van der Waals surface area contributed by atoms with E-state index in [9.17, 15) is 4.79 Å². The predicted octanol–water partition coefficient (Wildman–Crippen LogP) is 1.48. The molecule has 4 nitrogen and oxygen atoms in total. The minimum absolute atomic E-state index is 0.0490. The molecule has 5 heteroatoms. The third-order valence-corrected chi connectivity index (χ3v) is 4.29. The quantitative estimate of drug-likeness (QED) is 0.840. The van der Waals surface area contributed by atoms with Crippen LogP contribution >= 0.6 is 11.3 Å². The summed E-state index contributed by atoms with van der Waals surface area (Å²) in [7, 11) is 0. The summed E-state index contributed by atoms with van der Waals surface area (Å²) in [5, 5.41) is 9.15. The van der Waals surface area contributed by atoms with Crippen LogP contribution in [0.25, 0.3) is 0 Å². The summed E-state index contributed by atoms with van der Waals surface area (Å²) in [6, 6.07) is 1.75. The zero-order valence-electron chi connectivity index (χ0n) is 9.98. The van der Waals surface area contributed by atoms with Crippen LogP contribution in [0, 0.1) is 12.8 Å². The number of nitrogens with zero attached hydrogens (tertiary/aromatic N) is 1. The van der Waals surface area contributed by atoms with Crippen molar-refractivity contribution in [2.24, 2.45) is 5.92 Å². The standard InChI is InChI=1S/C12H18N2O2S/c1-8-10(13)5-11(17-8)12(16)14-4-2-3-9(6-14)7-15/h5,9,15H,2-4,6-7,13H2,1H3. The van der Waals surface area contributed by atoms with Gasteiger partial charge in [0.1, 0.15) is 0 Å². The third kappa shape index (κ3) is 2.61. The highest BCUT2D eigenvalue weighted by molar-refractivity contribution is 7.14. The second-order valence-corrected chi connectivity index (χ2v) is 5.82. The largest absolute Gasteiger partial charge is 0.398 e. The van der Waals surface area contributed by atoms with Gasteiger partial charge >= 0.3 is 0 Å². The molecule has 94 valence electrons. The molecule has 1 unspecified atom stereocenters. The fourth-order valence-corrected chi connectivity index (χ4v) is 3.06. The second kappa shape index (κ2) is 5.06. The first-order chi connectivity index (χ1) is 8.11. The molecular weight excluding hydrogens is 236 g/mol. The first kappa shape index (κ1) is 12.4. The van der Waals surface area contributed by atoms with Crippen molar-refractivity contribution in [3.63, 3.8) is 0 Å². The molecule has 0 saturated carbocycles. The van der Waals surface area contributed by atoms with Crippen LogP contribution in [0.4, 0.5) is 5.69 Å². The van der Waals surface area contributed by atoms with Gasteiger partial charge in [-0.15, -0.1) is 11.3 Å². The van der Waals surface area contributed by atoms with Gasteiger partial charge in [-0.2, -0.15) is 0 Å². The maximum Gasteiger partial charge on any atom is 0.264 e. The molecule has 1 aliphatic rings. The normalized spacial score (nSPS) is 20.6. The molecule has 2 heterocycles. The van der Waals surface area contributed by atoms with Gasteiger partial charge < -0.3 is 15.7 Å². The SMILES string of the molecule is Cc1sc(C(=O)N2CCCC(CO)C2)cc1N. The molecule has 2 rings (SSSR count). The number of thiophene rings is 1. The van der Waals surface area contributed by atoms with Crippen molar-refractivity contribution in [3.05, 3.63) is 15.8 Å². The molecule has 1 saturated heterocycles. The molecule has 17 heavy (non-hydrogen) atoms. The average molecular weight is 254 g/mol. The summed E-state index contributed by atoms with van der Waals surface area (Å²) in [6.07, 6.45) is 1.97. The molecule has 1 amide bonds. The van der Waals surface area contributed by atoms with Crippen molar-refractivity contribution in [3.8, 4) is 0 Å². The van der Waals surface area contributed by atoms with Gasteiger partial charge in [0, 0.05) is 30.3 Å². The number of anilines is 1. The first-order valence-electron chi connectivity index (χ1n) is 5.88. The Hall–Kier alpha value is -1.07. The van der Waals surface area contributed by atoms with E-state index in [1.54, 1.807) is 6.07 Å². The molecule has 0 radical (unpaired) electrons. The second-order valence-electron chi connectivity index (χ2n) is 4.56. The van der Waals surface area contributed by atoms with Gasteiger partial charge in [0.25, 0.3) is 5.91 Å². The van der Waals surface area contributed by atoms with E-state index in [4.69, 9.17) is 10.8 Å². The van der Waals surface area contributed by atoms with Crippen LogP contribution < -0.4 is 5.73 Å². The fraction of sp³-hybridized carbons (Fsp3) is 0.583. The average Bonchev–Trinajstić information content (AvgIpc) is 2.69. The Balaban J connectivity index is 2.09. The topological polar surface area (TPSA) is 66.6 Å². The Bertz CT molecular complexity index is 397. The van der Waals surface area contributed by atoms with Crippen molar-refractivity contribution < 1.29 is 9.90 Å². The summed E-state index contributed by atoms with van der Waals surface area (Å²) in [4.78, 5) is 15.8. The van der Waals surface area contributed by atoms with Crippen molar-refractivity contribution in [2.45, 2.75) is 19.8 Å². The van der Waals surface area contributed by atoms with Gasteiger partial charge in [-0.05, 0) is 31.7 Å². The molecule has 0 aromatic carbocycles. The van der Waals surface area contributed by atoms with Gasteiger partial charge in [0.2, 0.25) is 0 Å². The number of rotatable bonds is 2. The zero-order valence-corrected chi connectivity index (χ0v) is 10.8. The molecular formula is C12H18N2O2S. The van der Waals surface area contributed by atoms with E-state index in [0.717, 1.165) is 24.3 Å². The van der Waals surface area contributed by atoms with Gasteiger partial charge in [0.05, 0.1) is 4.88 Å². The van der Waals surface area contributed by atoms with Crippen molar-refractivity contribution in [2.75, 3.05) is 25.4 Å². The number of nitrogen functional groups attached to an aromatic ring is 1. The molecule has 1 aromatic rings. The highest BCUT2D eigenvalue weighted by Gasteiger charge is 2.25. The van der Waals surface area contributed by atoms with Crippen LogP contribution in [0.2, 0.25) is 0 Å². The molecule has 3 N–H and O–H groups in total. The number of piperidine rings is 1. The number of carbonyl (C=O) groups is 1. The number of hydrogen-bond acceptors (Lipinski definition) is 4. The number of nitrogens with two attached hydrogens (primary N) is 1. The highest BCUT2D eigenvalue weighted by Crippen LogP contribution is 2.26. The molecule has 1 atom stereocenters. The van der Waals surface area contributed by atoms with Crippen LogP contribution in [-0.2, 0) is 0 Å². The number of aliphatic hydroxyl groups is 1. The lowest BCUT2D eigenvalue weighted by Gasteiger charge is -2.31. The number of amides is 1. The van der Waals surface area contributed by atoms with E-state index in [-0.39, 0.29) is 18.4 Å². The van der Waals surface area contributed by atoms with E-state index in [0.29, 0.717) is 17.1 Å². The van der Waals surface area contributed by atoms with Gasteiger partial charge in [-0.1, -0.05) is 0 Å². The molecule has 1 fully saturated rings. The molecule has 0 bridgehead atoms. The van der Waals surface area contributed by atoms with Gasteiger partial charge in [-0.3, -0.25) is 4.79 Å². The van der Waals surface area contributed by atoms with Crippen LogP contribution in [-0.4, -0.2) is 35.6 Å². The Morgan fingerprint density at radius 3 is 3.06 bits per heavy atom. The Morgan fingerprint density at radius 1 is 1.71 bits per heavy atom. The number of carbonyl (C=O) groups excluding carboxylic acids is 1. The summed E-state index contributed by atoms with van der Waals surface area (Å²) in [6.45, 7) is 3.53. The summed E-state index contributed by atoms with van der Waals surface area (Å²) in [5.41, 5.74) is 6.45. The molecule has 1 aromatic heterocycles. The number of likely N-dealkylation sites (tertiary alicyclic amines) is 1. The van der Waals surface area contributed by atoms with Crippen LogP contribution in [0.5, 0.6) is 0 Å². The Labute approximate surface area is 105 Å². The molecule has 0 aliphatic carbocycles. The van der Waals surface area contributed by atoms with Crippen molar-refractivity contribution in [1.29, 1.82) is 0 Å². The van der Waals surface area contributed by atoms with E-state index in [1.165, 1.54) is 11.3 Å². The minimum atomic E-state index is 0.0490. The lowest BCUT2D eigenvalue weighted by molar-refractivity contribution is 0.0625. The lowest BCUT2D eigenvalue weighted by atomic mass is 9.99.